The third-order valence-corrected chi connectivity index (χ3v) is 1.73. The van der Waals surface area contributed by atoms with Crippen molar-refractivity contribution in [3.05, 3.63) is 0 Å². The van der Waals surface area contributed by atoms with Crippen molar-refractivity contribution in [2.75, 3.05) is 26.8 Å². The molecule has 3 nitrogen and oxygen atoms in total. The van der Waals surface area contributed by atoms with Crippen molar-refractivity contribution in [1.29, 1.82) is 0 Å². The summed E-state index contributed by atoms with van der Waals surface area (Å²) >= 11 is 0. The Kier molecular flexibility index (Phi) is 7.45. The number of ether oxygens (including phenoxy) is 1. The second-order valence-electron chi connectivity index (χ2n) is 3.31. The van der Waals surface area contributed by atoms with Crippen molar-refractivity contribution < 1.29 is 9.84 Å². The molecule has 12 heavy (non-hydrogen) atoms. The number of aliphatic hydroxyl groups is 1. The topological polar surface area (TPSA) is 41.5 Å². The van der Waals surface area contributed by atoms with Gasteiger partial charge in [0, 0.05) is 13.2 Å². The van der Waals surface area contributed by atoms with E-state index in [-0.39, 0.29) is 6.61 Å². The quantitative estimate of drug-likeness (QED) is 0.596. The smallest absolute Gasteiger partial charge is 0.0518 e. The lowest BCUT2D eigenvalue weighted by Crippen LogP contribution is -2.23. The average Bonchev–Trinajstić information content (AvgIpc) is 2.02. The van der Waals surface area contributed by atoms with Crippen molar-refractivity contribution in [2.45, 2.75) is 26.4 Å². The van der Waals surface area contributed by atoms with Gasteiger partial charge in [-0.3, -0.25) is 0 Å². The molecule has 1 atom stereocenters. The van der Waals surface area contributed by atoms with E-state index >= 15 is 0 Å². The summed E-state index contributed by atoms with van der Waals surface area (Å²) in [5, 5.41) is 12.0. The highest BCUT2D eigenvalue weighted by Crippen LogP contribution is 2.01. The van der Waals surface area contributed by atoms with Crippen molar-refractivity contribution in [3.63, 3.8) is 0 Å². The molecule has 0 amide bonds. The van der Waals surface area contributed by atoms with E-state index in [0.29, 0.717) is 12.0 Å². The summed E-state index contributed by atoms with van der Waals surface area (Å²) in [7, 11) is 1.89. The van der Waals surface area contributed by atoms with Gasteiger partial charge in [0.1, 0.15) is 0 Å². The van der Waals surface area contributed by atoms with Crippen LogP contribution in [-0.4, -0.2) is 38.0 Å². The second kappa shape index (κ2) is 7.53. The van der Waals surface area contributed by atoms with E-state index in [1.807, 2.05) is 20.9 Å². The zero-order valence-electron chi connectivity index (χ0n) is 8.34. The second-order valence-corrected chi connectivity index (χ2v) is 3.31. The first-order valence-corrected chi connectivity index (χ1v) is 4.57. The van der Waals surface area contributed by atoms with Gasteiger partial charge in [0.2, 0.25) is 0 Å². The van der Waals surface area contributed by atoms with E-state index in [4.69, 9.17) is 9.84 Å². The largest absolute Gasteiger partial charge is 0.396 e. The summed E-state index contributed by atoms with van der Waals surface area (Å²) in [6, 6.07) is 0. The Morgan fingerprint density at radius 3 is 2.50 bits per heavy atom. The molecule has 3 heteroatoms. The van der Waals surface area contributed by atoms with Crippen LogP contribution in [0.25, 0.3) is 0 Å². The van der Waals surface area contributed by atoms with Crippen LogP contribution in [-0.2, 0) is 4.74 Å². The molecule has 0 aliphatic carbocycles. The first-order valence-electron chi connectivity index (χ1n) is 4.57. The summed E-state index contributed by atoms with van der Waals surface area (Å²) in [6.07, 6.45) is 1.22. The molecule has 0 rings (SSSR count). The number of rotatable bonds is 7. The minimum absolute atomic E-state index is 0.238. The van der Waals surface area contributed by atoms with Crippen molar-refractivity contribution >= 4 is 0 Å². The lowest BCUT2D eigenvalue weighted by Gasteiger charge is -2.14. The van der Waals surface area contributed by atoms with E-state index in [9.17, 15) is 0 Å². The summed E-state index contributed by atoms with van der Waals surface area (Å²) in [5.41, 5.74) is 0. The Morgan fingerprint density at radius 1 is 1.42 bits per heavy atom. The third kappa shape index (κ3) is 6.58. The predicted molar refractivity (Wildman–Crippen MR) is 50.2 cm³/mol. The summed E-state index contributed by atoms with van der Waals surface area (Å²) < 4.78 is 5.38. The molecule has 74 valence electrons. The molecule has 0 saturated heterocycles. The summed E-state index contributed by atoms with van der Waals surface area (Å²) in [5.74, 6) is 0.328. The molecular formula is C9H21NO2. The monoisotopic (exact) mass is 175 g/mol. The van der Waals surface area contributed by atoms with E-state index in [1.54, 1.807) is 0 Å². The Hall–Kier alpha value is -0.120. The van der Waals surface area contributed by atoms with Gasteiger partial charge < -0.3 is 15.2 Å². The molecular weight excluding hydrogens is 154 g/mol. The lowest BCUT2D eigenvalue weighted by atomic mass is 10.1. The van der Waals surface area contributed by atoms with Crippen molar-refractivity contribution in [1.82, 2.24) is 5.32 Å². The van der Waals surface area contributed by atoms with Crippen LogP contribution in [0.15, 0.2) is 0 Å². The normalized spacial score (nSPS) is 13.8. The molecule has 0 aromatic carbocycles. The molecule has 0 heterocycles. The maximum absolute atomic E-state index is 8.93. The van der Waals surface area contributed by atoms with Gasteiger partial charge in [-0.05, 0) is 39.8 Å². The number of aliphatic hydroxyl groups excluding tert-OH is 1. The van der Waals surface area contributed by atoms with Gasteiger partial charge in [-0.2, -0.15) is 0 Å². The number of hydrogen-bond acceptors (Lipinski definition) is 3. The Bertz CT molecular complexity index is 96.5. The minimum Gasteiger partial charge on any atom is -0.396 e. The fourth-order valence-corrected chi connectivity index (χ4v) is 1.02. The van der Waals surface area contributed by atoms with Crippen LogP contribution < -0.4 is 5.32 Å². The SMILES string of the molecule is CNCC(CO)CCOC(C)C. The zero-order valence-corrected chi connectivity index (χ0v) is 8.34. The van der Waals surface area contributed by atoms with Gasteiger partial charge in [-0.15, -0.1) is 0 Å². The van der Waals surface area contributed by atoms with Crippen LogP contribution in [0.3, 0.4) is 0 Å². The van der Waals surface area contributed by atoms with Gasteiger partial charge in [0.25, 0.3) is 0 Å². The molecule has 0 aliphatic heterocycles. The van der Waals surface area contributed by atoms with Crippen LogP contribution in [0.2, 0.25) is 0 Å². The maximum atomic E-state index is 8.93. The maximum Gasteiger partial charge on any atom is 0.0518 e. The van der Waals surface area contributed by atoms with E-state index in [2.05, 4.69) is 5.32 Å². The van der Waals surface area contributed by atoms with Crippen LogP contribution in [0.5, 0.6) is 0 Å². The molecule has 2 N–H and O–H groups in total. The van der Waals surface area contributed by atoms with Gasteiger partial charge >= 0.3 is 0 Å². The van der Waals surface area contributed by atoms with Gasteiger partial charge in [-0.25, -0.2) is 0 Å². The molecule has 0 fully saturated rings. The molecule has 0 radical (unpaired) electrons. The van der Waals surface area contributed by atoms with E-state index in [0.717, 1.165) is 19.6 Å². The van der Waals surface area contributed by atoms with Crippen LogP contribution in [0.1, 0.15) is 20.3 Å². The first-order chi connectivity index (χ1) is 5.70. The Labute approximate surface area is 75.1 Å². The molecule has 1 unspecified atom stereocenters. The molecule has 0 saturated carbocycles. The molecule has 0 aromatic rings. The highest BCUT2D eigenvalue weighted by atomic mass is 16.5. The number of hydrogen-bond donors (Lipinski definition) is 2. The van der Waals surface area contributed by atoms with Crippen LogP contribution in [0.4, 0.5) is 0 Å². The highest BCUT2D eigenvalue weighted by Gasteiger charge is 2.05. The highest BCUT2D eigenvalue weighted by molar-refractivity contribution is 4.59. The molecule has 0 bridgehead atoms. The van der Waals surface area contributed by atoms with Crippen LogP contribution in [0, 0.1) is 5.92 Å². The van der Waals surface area contributed by atoms with Gasteiger partial charge in [-0.1, -0.05) is 0 Å². The average molecular weight is 175 g/mol. The van der Waals surface area contributed by atoms with E-state index in [1.165, 1.54) is 0 Å². The standard InChI is InChI=1S/C9H21NO2/c1-8(2)12-5-4-9(7-11)6-10-3/h8-11H,4-7H2,1-3H3. The predicted octanol–water partition coefficient (Wildman–Crippen LogP) is 0.629. The van der Waals surface area contributed by atoms with Gasteiger partial charge in [0.15, 0.2) is 0 Å². The van der Waals surface area contributed by atoms with Crippen molar-refractivity contribution in [3.8, 4) is 0 Å². The Balaban J connectivity index is 3.31. The molecule has 0 aliphatic rings. The summed E-state index contributed by atoms with van der Waals surface area (Å²) in [4.78, 5) is 0. The van der Waals surface area contributed by atoms with Crippen LogP contribution >= 0.6 is 0 Å². The van der Waals surface area contributed by atoms with E-state index < -0.39 is 0 Å². The molecule has 0 aromatic heterocycles. The zero-order chi connectivity index (χ0) is 9.40. The minimum atomic E-state index is 0.238. The first kappa shape index (κ1) is 11.9. The summed E-state index contributed by atoms with van der Waals surface area (Å²) in [6.45, 7) is 5.88. The number of nitrogens with one attached hydrogen (secondary N) is 1. The lowest BCUT2D eigenvalue weighted by molar-refractivity contribution is 0.0614. The Morgan fingerprint density at radius 2 is 2.08 bits per heavy atom. The van der Waals surface area contributed by atoms with Crippen molar-refractivity contribution in [2.24, 2.45) is 5.92 Å². The fourth-order valence-electron chi connectivity index (χ4n) is 1.02. The van der Waals surface area contributed by atoms with Gasteiger partial charge in [0.05, 0.1) is 6.10 Å². The fraction of sp³-hybridized carbons (Fsp3) is 1.00. The third-order valence-electron chi connectivity index (χ3n) is 1.73. The molecule has 0 spiro atoms.